The number of hydrogen-bond donors (Lipinski definition) is 1. The molecule has 3 rings (SSSR count). The number of aromatic nitrogens is 4. The lowest BCUT2D eigenvalue weighted by atomic mass is 10.2. The van der Waals surface area contributed by atoms with Crippen LogP contribution in [0, 0.1) is 0 Å². The van der Waals surface area contributed by atoms with Crippen molar-refractivity contribution in [2.24, 2.45) is 0 Å². The molecule has 1 aromatic carbocycles. The molecule has 0 bridgehead atoms. The Kier molecular flexibility index (Phi) is 4.22. The molecule has 1 amide bonds. The molecule has 1 N–H and O–H groups in total. The highest BCUT2D eigenvalue weighted by Crippen LogP contribution is 2.31. The summed E-state index contributed by atoms with van der Waals surface area (Å²) in [5.41, 5.74) is 0.686. The molecule has 23 heavy (non-hydrogen) atoms. The molecule has 0 spiro atoms. The van der Waals surface area contributed by atoms with Gasteiger partial charge in [0.15, 0.2) is 11.3 Å². The molecule has 0 aliphatic heterocycles. The second kappa shape index (κ2) is 6.47. The molecule has 2 heterocycles. The van der Waals surface area contributed by atoms with Crippen LogP contribution in [0.25, 0.3) is 11.0 Å². The zero-order valence-corrected chi connectivity index (χ0v) is 12.9. The van der Waals surface area contributed by atoms with Crippen molar-refractivity contribution >= 4 is 16.9 Å². The second-order valence-corrected chi connectivity index (χ2v) is 5.05. The van der Waals surface area contributed by atoms with Crippen LogP contribution in [0.2, 0.25) is 0 Å². The summed E-state index contributed by atoms with van der Waals surface area (Å²) >= 11 is 0. The molecule has 0 saturated carbocycles. The number of carbonyl (C=O) groups excluding carboxylic acids is 1. The number of hydrogen-bond acceptors (Lipinski definition) is 6. The minimum atomic E-state index is -0.277. The zero-order chi connectivity index (χ0) is 16.2. The van der Waals surface area contributed by atoms with E-state index in [0.717, 1.165) is 5.39 Å². The van der Waals surface area contributed by atoms with E-state index in [2.05, 4.69) is 20.8 Å². The fraction of sp³-hybridized carbons (Fsp3) is 0.333. The first-order chi connectivity index (χ1) is 11.2. The Bertz CT molecular complexity index is 797. The molecule has 1 unspecified atom stereocenters. The van der Waals surface area contributed by atoms with E-state index in [1.807, 2.05) is 38.1 Å². The lowest BCUT2D eigenvalue weighted by Crippen LogP contribution is -2.30. The van der Waals surface area contributed by atoms with Gasteiger partial charge in [-0.1, -0.05) is 12.1 Å². The molecule has 0 aliphatic carbocycles. The van der Waals surface area contributed by atoms with Crippen molar-refractivity contribution in [1.82, 2.24) is 25.5 Å². The van der Waals surface area contributed by atoms with Crippen LogP contribution >= 0.6 is 0 Å². The summed E-state index contributed by atoms with van der Waals surface area (Å²) in [6.45, 7) is 4.40. The van der Waals surface area contributed by atoms with Crippen molar-refractivity contribution in [2.75, 3.05) is 6.61 Å². The summed E-state index contributed by atoms with van der Waals surface area (Å²) < 4.78 is 12.8. The first kappa shape index (κ1) is 15.0. The third kappa shape index (κ3) is 3.31. The van der Waals surface area contributed by atoms with Gasteiger partial charge in [-0.05, 0) is 36.4 Å². The molecule has 120 valence electrons. The van der Waals surface area contributed by atoms with Gasteiger partial charge in [0, 0.05) is 5.39 Å². The normalized spacial score (nSPS) is 12.3. The summed E-state index contributed by atoms with van der Waals surface area (Å²) in [6, 6.07) is 7.34. The Morgan fingerprint density at radius 2 is 2.35 bits per heavy atom. The van der Waals surface area contributed by atoms with E-state index in [4.69, 9.17) is 9.15 Å². The molecular weight excluding hydrogens is 298 g/mol. The number of rotatable bonds is 6. The van der Waals surface area contributed by atoms with Gasteiger partial charge in [0.25, 0.3) is 0 Å². The second-order valence-electron chi connectivity index (χ2n) is 5.05. The van der Waals surface area contributed by atoms with Crippen LogP contribution in [0.1, 0.15) is 25.6 Å². The Hall–Kier alpha value is -2.90. The Morgan fingerprint density at radius 3 is 3.09 bits per heavy atom. The number of tetrazole rings is 1. The van der Waals surface area contributed by atoms with E-state index in [9.17, 15) is 4.79 Å². The number of carbonyl (C=O) groups is 1. The van der Waals surface area contributed by atoms with Crippen molar-refractivity contribution < 1.29 is 13.9 Å². The maximum Gasteiger partial charge on any atom is 0.242 e. The van der Waals surface area contributed by atoms with Crippen molar-refractivity contribution in [3.8, 4) is 5.75 Å². The molecule has 8 heteroatoms. The van der Waals surface area contributed by atoms with Crippen LogP contribution in [0.3, 0.4) is 0 Å². The predicted octanol–water partition coefficient (Wildman–Crippen LogP) is 1.70. The van der Waals surface area contributed by atoms with Crippen LogP contribution in [0.15, 0.2) is 35.0 Å². The smallest absolute Gasteiger partial charge is 0.242 e. The van der Waals surface area contributed by atoms with Gasteiger partial charge in [0.2, 0.25) is 5.91 Å². The highest BCUT2D eigenvalue weighted by molar-refractivity contribution is 5.84. The fourth-order valence-electron chi connectivity index (χ4n) is 2.30. The molecule has 0 radical (unpaired) electrons. The van der Waals surface area contributed by atoms with Gasteiger partial charge in [0.1, 0.15) is 18.6 Å². The van der Waals surface area contributed by atoms with Gasteiger partial charge >= 0.3 is 0 Å². The minimum absolute atomic E-state index is 0.0573. The summed E-state index contributed by atoms with van der Waals surface area (Å²) in [6.07, 6.45) is 1.39. The summed E-state index contributed by atoms with van der Waals surface area (Å²) in [5.74, 6) is 1.16. The highest BCUT2D eigenvalue weighted by Gasteiger charge is 2.16. The molecule has 2 aromatic heterocycles. The topological polar surface area (TPSA) is 95.1 Å². The SMILES string of the molecule is CCOc1cccc2cc(C(C)NC(=O)Cn3cnnn3)oc12. The maximum atomic E-state index is 12.0. The number of ether oxygens (including phenoxy) is 1. The lowest BCUT2D eigenvalue weighted by Gasteiger charge is -2.11. The number of fused-ring (bicyclic) bond motifs is 1. The Labute approximate surface area is 132 Å². The average Bonchev–Trinajstić information content (AvgIpc) is 3.16. The number of para-hydroxylation sites is 1. The van der Waals surface area contributed by atoms with Crippen molar-refractivity contribution in [2.45, 2.75) is 26.4 Å². The van der Waals surface area contributed by atoms with E-state index in [-0.39, 0.29) is 18.5 Å². The van der Waals surface area contributed by atoms with Crippen molar-refractivity contribution in [1.29, 1.82) is 0 Å². The van der Waals surface area contributed by atoms with Crippen molar-refractivity contribution in [3.05, 3.63) is 36.4 Å². The van der Waals surface area contributed by atoms with E-state index in [0.29, 0.717) is 23.7 Å². The first-order valence-corrected chi connectivity index (χ1v) is 7.32. The van der Waals surface area contributed by atoms with Gasteiger partial charge in [-0.2, -0.15) is 0 Å². The summed E-state index contributed by atoms with van der Waals surface area (Å²) in [7, 11) is 0. The number of furan rings is 1. The van der Waals surface area contributed by atoms with E-state index >= 15 is 0 Å². The molecule has 0 aliphatic rings. The maximum absolute atomic E-state index is 12.0. The molecular formula is C15H17N5O3. The molecule has 0 saturated heterocycles. The summed E-state index contributed by atoms with van der Waals surface area (Å²) in [5, 5.41) is 14.4. The van der Waals surface area contributed by atoms with E-state index < -0.39 is 0 Å². The highest BCUT2D eigenvalue weighted by atomic mass is 16.5. The standard InChI is InChI=1S/C15H17N5O3/c1-3-22-12-6-4-5-11-7-13(23-15(11)12)10(2)17-14(21)8-20-9-16-18-19-20/h4-7,9-10H,3,8H2,1-2H3,(H,17,21). The largest absolute Gasteiger partial charge is 0.490 e. The van der Waals surface area contributed by atoms with Crippen LogP contribution < -0.4 is 10.1 Å². The Morgan fingerprint density at radius 1 is 1.48 bits per heavy atom. The average molecular weight is 315 g/mol. The molecule has 1 atom stereocenters. The number of benzene rings is 1. The molecule has 0 fully saturated rings. The monoisotopic (exact) mass is 315 g/mol. The van der Waals surface area contributed by atoms with Gasteiger partial charge in [0.05, 0.1) is 12.6 Å². The summed E-state index contributed by atoms with van der Waals surface area (Å²) in [4.78, 5) is 12.0. The van der Waals surface area contributed by atoms with E-state index in [1.54, 1.807) is 0 Å². The third-order valence-corrected chi connectivity index (χ3v) is 3.33. The zero-order valence-electron chi connectivity index (χ0n) is 12.9. The van der Waals surface area contributed by atoms with Gasteiger partial charge in [-0.3, -0.25) is 4.79 Å². The fourth-order valence-corrected chi connectivity index (χ4v) is 2.30. The lowest BCUT2D eigenvalue weighted by molar-refractivity contribution is -0.122. The van der Waals surface area contributed by atoms with Gasteiger partial charge in [-0.25, -0.2) is 4.68 Å². The molecule has 8 nitrogen and oxygen atoms in total. The number of nitrogens with zero attached hydrogens (tertiary/aromatic N) is 4. The van der Waals surface area contributed by atoms with Crippen LogP contribution in [0.4, 0.5) is 0 Å². The Balaban J connectivity index is 1.74. The van der Waals surface area contributed by atoms with E-state index in [1.165, 1.54) is 11.0 Å². The molecule has 3 aromatic rings. The number of amides is 1. The number of nitrogens with one attached hydrogen (secondary N) is 1. The van der Waals surface area contributed by atoms with Crippen LogP contribution in [0.5, 0.6) is 5.75 Å². The predicted molar refractivity (Wildman–Crippen MR) is 81.8 cm³/mol. The van der Waals surface area contributed by atoms with Gasteiger partial charge in [-0.15, -0.1) is 5.10 Å². The first-order valence-electron chi connectivity index (χ1n) is 7.32. The van der Waals surface area contributed by atoms with Crippen LogP contribution in [-0.2, 0) is 11.3 Å². The van der Waals surface area contributed by atoms with Crippen molar-refractivity contribution in [3.63, 3.8) is 0 Å². The quantitative estimate of drug-likeness (QED) is 0.744. The van der Waals surface area contributed by atoms with Gasteiger partial charge < -0.3 is 14.5 Å². The minimum Gasteiger partial charge on any atom is -0.490 e. The van der Waals surface area contributed by atoms with Crippen LogP contribution in [-0.4, -0.2) is 32.7 Å². The third-order valence-electron chi connectivity index (χ3n) is 3.33.